The lowest BCUT2D eigenvalue weighted by Gasteiger charge is -2.18. The van der Waals surface area contributed by atoms with E-state index in [1.165, 1.54) is 16.4 Å². The summed E-state index contributed by atoms with van der Waals surface area (Å²) in [5.41, 5.74) is 0.573. The van der Waals surface area contributed by atoms with Crippen LogP contribution in [0.2, 0.25) is 0 Å². The predicted molar refractivity (Wildman–Crippen MR) is 105 cm³/mol. The summed E-state index contributed by atoms with van der Waals surface area (Å²) in [6.07, 6.45) is 0. The Bertz CT molecular complexity index is 926. The molecule has 9 heteroatoms. The molecule has 28 heavy (non-hydrogen) atoms. The molecule has 0 heterocycles. The summed E-state index contributed by atoms with van der Waals surface area (Å²) in [5.74, 6) is 0.707. The molecule has 2 aromatic carbocycles. The zero-order valence-corrected chi connectivity index (χ0v) is 16.9. The van der Waals surface area contributed by atoms with E-state index in [0.717, 1.165) is 11.6 Å². The summed E-state index contributed by atoms with van der Waals surface area (Å²) in [5, 5.41) is 11.4. The van der Waals surface area contributed by atoms with Gasteiger partial charge in [0.1, 0.15) is 19.0 Å². The number of rotatable bonds is 10. The van der Waals surface area contributed by atoms with Crippen molar-refractivity contribution in [2.24, 2.45) is 0 Å². The van der Waals surface area contributed by atoms with Crippen LogP contribution < -0.4 is 9.47 Å². The molecule has 0 atom stereocenters. The first-order chi connectivity index (χ1) is 13.3. The lowest BCUT2D eigenvalue weighted by molar-refractivity contribution is -0.386. The van der Waals surface area contributed by atoms with E-state index >= 15 is 0 Å². The molecule has 0 spiro atoms. The molecule has 0 aliphatic carbocycles. The van der Waals surface area contributed by atoms with Crippen molar-refractivity contribution in [3.05, 3.63) is 58.1 Å². The SMILES string of the molecule is CCN(CC)S(=O)(=O)c1ccc(OCCOc2ccccc2C)c([N+](=O)[O-])c1. The summed E-state index contributed by atoms with van der Waals surface area (Å²) in [7, 11) is -3.79. The average molecular weight is 408 g/mol. The standard InChI is InChI=1S/C19H24N2O6S/c1-4-20(5-2)28(24,25)16-10-11-19(17(14-16)21(22)23)27-13-12-26-18-9-7-6-8-15(18)3/h6-11,14H,4-5,12-13H2,1-3H3. The number of nitrogens with zero attached hydrogens (tertiary/aromatic N) is 2. The highest BCUT2D eigenvalue weighted by Gasteiger charge is 2.26. The molecule has 0 aromatic heterocycles. The molecular formula is C19H24N2O6S. The number of hydrogen-bond donors (Lipinski definition) is 0. The highest BCUT2D eigenvalue weighted by Crippen LogP contribution is 2.31. The highest BCUT2D eigenvalue weighted by molar-refractivity contribution is 7.89. The van der Waals surface area contributed by atoms with Crippen LogP contribution in [0, 0.1) is 17.0 Å². The Morgan fingerprint density at radius 1 is 1.00 bits per heavy atom. The number of nitro benzene ring substituents is 1. The number of nitro groups is 1. The van der Waals surface area contributed by atoms with Crippen molar-refractivity contribution in [1.82, 2.24) is 4.31 Å². The molecule has 0 saturated heterocycles. The van der Waals surface area contributed by atoms with Crippen LogP contribution in [0.5, 0.6) is 11.5 Å². The van der Waals surface area contributed by atoms with Crippen LogP contribution in [0.25, 0.3) is 0 Å². The maximum Gasteiger partial charge on any atom is 0.312 e. The van der Waals surface area contributed by atoms with Crippen LogP contribution in [-0.2, 0) is 10.0 Å². The average Bonchev–Trinajstić information content (AvgIpc) is 2.67. The van der Waals surface area contributed by atoms with Gasteiger partial charge < -0.3 is 9.47 Å². The van der Waals surface area contributed by atoms with Crippen LogP contribution in [-0.4, -0.2) is 43.9 Å². The van der Waals surface area contributed by atoms with Crippen LogP contribution in [0.15, 0.2) is 47.4 Å². The Kier molecular flexibility index (Phi) is 7.36. The van der Waals surface area contributed by atoms with Gasteiger partial charge in [0.2, 0.25) is 10.0 Å². The second-order valence-corrected chi connectivity index (χ2v) is 7.88. The van der Waals surface area contributed by atoms with Crippen molar-refractivity contribution < 1.29 is 22.8 Å². The molecule has 152 valence electrons. The predicted octanol–water partition coefficient (Wildman–Crippen LogP) is 3.39. The Balaban J connectivity index is 2.13. The number of ether oxygens (including phenoxy) is 2. The minimum absolute atomic E-state index is 0.00289. The molecule has 0 bridgehead atoms. The van der Waals surface area contributed by atoms with Gasteiger partial charge in [-0.3, -0.25) is 10.1 Å². The molecule has 2 aromatic rings. The number of para-hydroxylation sites is 1. The number of sulfonamides is 1. The van der Waals surface area contributed by atoms with Crippen molar-refractivity contribution in [1.29, 1.82) is 0 Å². The van der Waals surface area contributed by atoms with E-state index in [1.54, 1.807) is 13.8 Å². The molecule has 0 amide bonds. The second-order valence-electron chi connectivity index (χ2n) is 5.94. The molecule has 2 rings (SSSR count). The molecule has 0 saturated carbocycles. The fourth-order valence-corrected chi connectivity index (χ4v) is 4.14. The zero-order chi connectivity index (χ0) is 20.7. The first kappa shape index (κ1) is 21.6. The third-order valence-electron chi connectivity index (χ3n) is 4.16. The third-order valence-corrected chi connectivity index (χ3v) is 6.21. The van der Waals surface area contributed by atoms with Gasteiger partial charge in [-0.05, 0) is 30.7 Å². The number of benzene rings is 2. The van der Waals surface area contributed by atoms with Gasteiger partial charge in [0.05, 0.1) is 9.82 Å². The van der Waals surface area contributed by atoms with E-state index in [2.05, 4.69) is 0 Å². The smallest absolute Gasteiger partial charge is 0.312 e. The fraction of sp³-hybridized carbons (Fsp3) is 0.368. The molecule has 0 aliphatic heterocycles. The van der Waals surface area contributed by atoms with Crippen molar-refractivity contribution in [3.63, 3.8) is 0 Å². The Labute approximate surface area is 164 Å². The number of hydrogen-bond acceptors (Lipinski definition) is 6. The van der Waals surface area contributed by atoms with Gasteiger partial charge in [0, 0.05) is 19.2 Å². The topological polar surface area (TPSA) is 99.0 Å². The fourth-order valence-electron chi connectivity index (χ4n) is 2.66. The van der Waals surface area contributed by atoms with E-state index in [9.17, 15) is 18.5 Å². The van der Waals surface area contributed by atoms with Gasteiger partial charge in [-0.25, -0.2) is 8.42 Å². The molecule has 0 unspecified atom stereocenters. The third kappa shape index (κ3) is 4.99. The quantitative estimate of drug-likeness (QED) is 0.339. The summed E-state index contributed by atoms with van der Waals surface area (Å²) >= 11 is 0. The van der Waals surface area contributed by atoms with Crippen molar-refractivity contribution in [2.75, 3.05) is 26.3 Å². The van der Waals surface area contributed by atoms with Gasteiger partial charge in [-0.1, -0.05) is 32.0 Å². The molecule has 0 radical (unpaired) electrons. The zero-order valence-electron chi connectivity index (χ0n) is 16.1. The second kappa shape index (κ2) is 9.52. The van der Waals surface area contributed by atoms with E-state index in [-0.39, 0.29) is 36.9 Å². The first-order valence-electron chi connectivity index (χ1n) is 8.91. The highest BCUT2D eigenvalue weighted by atomic mass is 32.2. The summed E-state index contributed by atoms with van der Waals surface area (Å²) in [6, 6.07) is 11.1. The van der Waals surface area contributed by atoms with E-state index in [4.69, 9.17) is 9.47 Å². The van der Waals surface area contributed by atoms with Crippen LogP contribution in [0.4, 0.5) is 5.69 Å². The van der Waals surface area contributed by atoms with Gasteiger partial charge >= 0.3 is 5.69 Å². The van der Waals surface area contributed by atoms with Gasteiger partial charge in [-0.15, -0.1) is 0 Å². The van der Waals surface area contributed by atoms with Crippen LogP contribution >= 0.6 is 0 Å². The monoisotopic (exact) mass is 408 g/mol. The van der Waals surface area contributed by atoms with Gasteiger partial charge in [0.25, 0.3) is 0 Å². The summed E-state index contributed by atoms with van der Waals surface area (Å²) in [6.45, 7) is 6.17. The van der Waals surface area contributed by atoms with Crippen molar-refractivity contribution in [2.45, 2.75) is 25.7 Å². The maximum atomic E-state index is 12.6. The largest absolute Gasteiger partial charge is 0.490 e. The molecule has 0 aliphatic rings. The van der Waals surface area contributed by atoms with Crippen molar-refractivity contribution >= 4 is 15.7 Å². The Morgan fingerprint density at radius 3 is 2.18 bits per heavy atom. The molecule has 0 N–H and O–H groups in total. The lowest BCUT2D eigenvalue weighted by Crippen LogP contribution is -2.30. The minimum atomic E-state index is -3.79. The molecular weight excluding hydrogens is 384 g/mol. The van der Waals surface area contributed by atoms with E-state index in [0.29, 0.717) is 5.75 Å². The molecule has 8 nitrogen and oxygen atoms in total. The van der Waals surface area contributed by atoms with Crippen LogP contribution in [0.1, 0.15) is 19.4 Å². The molecule has 0 fully saturated rings. The van der Waals surface area contributed by atoms with Gasteiger partial charge in [0.15, 0.2) is 5.75 Å². The summed E-state index contributed by atoms with van der Waals surface area (Å²) in [4.78, 5) is 10.6. The van der Waals surface area contributed by atoms with E-state index in [1.807, 2.05) is 31.2 Å². The van der Waals surface area contributed by atoms with Gasteiger partial charge in [-0.2, -0.15) is 4.31 Å². The lowest BCUT2D eigenvalue weighted by atomic mass is 10.2. The number of aryl methyl sites for hydroxylation is 1. The van der Waals surface area contributed by atoms with Crippen molar-refractivity contribution in [3.8, 4) is 11.5 Å². The Hall–Kier alpha value is -2.65. The van der Waals surface area contributed by atoms with E-state index < -0.39 is 20.6 Å². The van der Waals surface area contributed by atoms with Crippen LogP contribution in [0.3, 0.4) is 0 Å². The summed E-state index contributed by atoms with van der Waals surface area (Å²) < 4.78 is 37.4. The first-order valence-corrected chi connectivity index (χ1v) is 10.3. The minimum Gasteiger partial charge on any atom is -0.490 e. The normalized spacial score (nSPS) is 11.4. The maximum absolute atomic E-state index is 12.6. The Morgan fingerprint density at radius 2 is 1.61 bits per heavy atom.